The first-order chi connectivity index (χ1) is 13.7. The predicted molar refractivity (Wildman–Crippen MR) is 111 cm³/mol. The second kappa shape index (κ2) is 9.88. The number of anilines is 1. The van der Waals surface area contributed by atoms with Crippen LogP contribution in [0.5, 0.6) is 5.75 Å². The lowest BCUT2D eigenvalue weighted by Gasteiger charge is -2.12. The first kappa shape index (κ1) is 22.2. The van der Waals surface area contributed by atoms with Crippen LogP contribution < -0.4 is 9.46 Å². The number of rotatable bonds is 9. The minimum absolute atomic E-state index is 0.301. The van der Waals surface area contributed by atoms with E-state index in [0.717, 1.165) is 11.8 Å². The maximum absolute atomic E-state index is 12.4. The molecule has 7 nitrogen and oxygen atoms in total. The van der Waals surface area contributed by atoms with Crippen molar-refractivity contribution in [1.82, 2.24) is 0 Å². The van der Waals surface area contributed by atoms with Crippen LogP contribution in [0.15, 0.2) is 54.6 Å². The molecule has 0 amide bonds. The van der Waals surface area contributed by atoms with Crippen LogP contribution in [-0.4, -0.2) is 39.1 Å². The van der Waals surface area contributed by atoms with Gasteiger partial charge in [-0.1, -0.05) is 18.2 Å². The molecule has 29 heavy (non-hydrogen) atoms. The number of benzene rings is 2. The number of hydrogen-bond donors (Lipinski definition) is 1. The Balaban J connectivity index is 1.99. The maximum atomic E-state index is 12.4. The Labute approximate surface area is 170 Å². The Morgan fingerprint density at radius 2 is 1.76 bits per heavy atom. The fourth-order valence-electron chi connectivity index (χ4n) is 2.48. The lowest BCUT2D eigenvalue weighted by Crippen LogP contribution is -2.23. The molecule has 0 bridgehead atoms. The number of para-hydroxylation sites is 1. The molecule has 0 spiro atoms. The van der Waals surface area contributed by atoms with Crippen molar-refractivity contribution in [3.63, 3.8) is 0 Å². The van der Waals surface area contributed by atoms with Crippen LogP contribution in [0.1, 0.15) is 29.8 Å². The van der Waals surface area contributed by atoms with Crippen LogP contribution in [0.25, 0.3) is 6.08 Å². The van der Waals surface area contributed by atoms with Crippen molar-refractivity contribution < 1.29 is 27.5 Å². The van der Waals surface area contributed by atoms with Crippen molar-refractivity contribution >= 4 is 33.5 Å². The molecule has 1 atom stereocenters. The number of ether oxygens (including phenoxy) is 2. The van der Waals surface area contributed by atoms with Gasteiger partial charge in [0.15, 0.2) is 6.10 Å². The summed E-state index contributed by atoms with van der Waals surface area (Å²) in [4.78, 5) is 24.5. The highest BCUT2D eigenvalue weighted by molar-refractivity contribution is 7.92. The number of Topliss-reactive ketones (excluding diaryl/α,β-unsaturated/α-hetero) is 1. The monoisotopic (exact) mass is 417 g/mol. The Bertz CT molecular complexity index is 996. The molecule has 0 aliphatic carbocycles. The zero-order valence-corrected chi connectivity index (χ0v) is 17.2. The molecule has 0 saturated heterocycles. The summed E-state index contributed by atoms with van der Waals surface area (Å²) in [6.45, 7) is 3.84. The highest BCUT2D eigenvalue weighted by Crippen LogP contribution is 2.19. The summed E-state index contributed by atoms with van der Waals surface area (Å²) in [6, 6.07) is 13.1. The largest absolute Gasteiger partial charge is 0.493 e. The molecule has 2 aromatic carbocycles. The number of ketones is 1. The van der Waals surface area contributed by atoms with Gasteiger partial charge >= 0.3 is 5.97 Å². The summed E-state index contributed by atoms with van der Waals surface area (Å²) in [5.41, 5.74) is 1.36. The van der Waals surface area contributed by atoms with Crippen molar-refractivity contribution in [3.05, 3.63) is 65.7 Å². The SMILES string of the molecule is CCOc1ccccc1/C=C/C(=O)O[C@H](C)C(=O)c1ccc(NS(C)(=O)=O)cc1. The number of carbonyl (C=O) groups excluding carboxylic acids is 2. The summed E-state index contributed by atoms with van der Waals surface area (Å²) in [5, 5.41) is 0. The molecule has 1 N–H and O–H groups in total. The van der Waals surface area contributed by atoms with Gasteiger partial charge in [-0.05, 0) is 50.3 Å². The minimum atomic E-state index is -3.40. The van der Waals surface area contributed by atoms with E-state index in [-0.39, 0.29) is 0 Å². The molecule has 0 saturated carbocycles. The van der Waals surface area contributed by atoms with Crippen molar-refractivity contribution in [1.29, 1.82) is 0 Å². The van der Waals surface area contributed by atoms with Gasteiger partial charge in [-0.15, -0.1) is 0 Å². The predicted octanol–water partition coefficient (Wildman–Crippen LogP) is 3.28. The fraction of sp³-hybridized carbons (Fsp3) is 0.238. The van der Waals surface area contributed by atoms with Crippen LogP contribution in [0, 0.1) is 0 Å². The molecule has 0 aliphatic heterocycles. The molecule has 0 unspecified atom stereocenters. The minimum Gasteiger partial charge on any atom is -0.493 e. The number of nitrogens with one attached hydrogen (secondary N) is 1. The van der Waals surface area contributed by atoms with Crippen molar-refractivity contribution in [2.45, 2.75) is 20.0 Å². The third-order valence-electron chi connectivity index (χ3n) is 3.75. The van der Waals surface area contributed by atoms with Crippen LogP contribution in [0.2, 0.25) is 0 Å². The lowest BCUT2D eigenvalue weighted by molar-refractivity contribution is -0.140. The van der Waals surface area contributed by atoms with Gasteiger partial charge in [0.25, 0.3) is 0 Å². The van der Waals surface area contributed by atoms with Crippen LogP contribution in [0.3, 0.4) is 0 Å². The molecule has 0 radical (unpaired) electrons. The Morgan fingerprint density at radius 3 is 2.38 bits per heavy atom. The first-order valence-corrected chi connectivity index (χ1v) is 10.8. The van der Waals surface area contributed by atoms with Gasteiger partial charge in [0.1, 0.15) is 5.75 Å². The van der Waals surface area contributed by atoms with Gasteiger partial charge in [0.05, 0.1) is 12.9 Å². The highest BCUT2D eigenvalue weighted by atomic mass is 32.2. The molecule has 154 valence electrons. The second-order valence-corrected chi connectivity index (χ2v) is 7.95. The van der Waals surface area contributed by atoms with E-state index in [1.54, 1.807) is 18.2 Å². The molecule has 2 aromatic rings. The van der Waals surface area contributed by atoms with Crippen LogP contribution >= 0.6 is 0 Å². The summed E-state index contributed by atoms with van der Waals surface area (Å²) in [6.07, 6.45) is 2.84. The first-order valence-electron chi connectivity index (χ1n) is 8.92. The lowest BCUT2D eigenvalue weighted by atomic mass is 10.1. The number of hydrogen-bond acceptors (Lipinski definition) is 6. The number of sulfonamides is 1. The van der Waals surface area contributed by atoms with E-state index >= 15 is 0 Å². The topological polar surface area (TPSA) is 98.8 Å². The van der Waals surface area contributed by atoms with Gasteiger partial charge in [0, 0.05) is 22.9 Å². The van der Waals surface area contributed by atoms with Gasteiger partial charge in [-0.2, -0.15) is 0 Å². The Morgan fingerprint density at radius 1 is 1.10 bits per heavy atom. The molecular weight excluding hydrogens is 394 g/mol. The molecule has 0 aliphatic rings. The van der Waals surface area contributed by atoms with Crippen LogP contribution in [-0.2, 0) is 19.6 Å². The maximum Gasteiger partial charge on any atom is 0.331 e. The van der Waals surface area contributed by atoms with E-state index in [1.165, 1.54) is 37.3 Å². The van der Waals surface area contributed by atoms with Gasteiger partial charge in [0.2, 0.25) is 15.8 Å². The third kappa shape index (κ3) is 7.08. The molecule has 2 rings (SSSR count). The van der Waals surface area contributed by atoms with E-state index < -0.39 is 27.9 Å². The molecular formula is C21H23NO6S. The smallest absolute Gasteiger partial charge is 0.331 e. The third-order valence-corrected chi connectivity index (χ3v) is 4.36. The van der Waals surface area contributed by atoms with E-state index in [0.29, 0.717) is 23.6 Å². The molecule has 8 heteroatoms. The van der Waals surface area contributed by atoms with Crippen molar-refractivity contribution in [3.8, 4) is 5.75 Å². The van der Waals surface area contributed by atoms with Gasteiger partial charge in [-0.25, -0.2) is 13.2 Å². The van der Waals surface area contributed by atoms with Gasteiger partial charge in [-0.3, -0.25) is 9.52 Å². The second-order valence-electron chi connectivity index (χ2n) is 6.20. The Hall–Kier alpha value is -3.13. The molecule has 0 heterocycles. The number of esters is 1. The van der Waals surface area contributed by atoms with E-state index in [1.807, 2.05) is 19.1 Å². The highest BCUT2D eigenvalue weighted by Gasteiger charge is 2.18. The van der Waals surface area contributed by atoms with E-state index in [9.17, 15) is 18.0 Å². The van der Waals surface area contributed by atoms with Crippen LogP contribution in [0.4, 0.5) is 5.69 Å². The summed E-state index contributed by atoms with van der Waals surface area (Å²) in [7, 11) is -3.40. The fourth-order valence-corrected chi connectivity index (χ4v) is 3.05. The quantitative estimate of drug-likeness (QED) is 0.382. The summed E-state index contributed by atoms with van der Waals surface area (Å²) < 4.78 is 35.4. The zero-order chi connectivity index (χ0) is 21.4. The number of carbonyl (C=O) groups is 2. The van der Waals surface area contributed by atoms with Crippen molar-refractivity contribution in [2.24, 2.45) is 0 Å². The molecule has 0 aromatic heterocycles. The molecule has 0 fully saturated rings. The normalized spacial score (nSPS) is 12.4. The van der Waals surface area contributed by atoms with E-state index in [2.05, 4.69) is 4.72 Å². The summed E-state index contributed by atoms with van der Waals surface area (Å²) >= 11 is 0. The summed E-state index contributed by atoms with van der Waals surface area (Å²) in [5.74, 6) is -0.411. The van der Waals surface area contributed by atoms with Crippen molar-refractivity contribution in [2.75, 3.05) is 17.6 Å². The standard InChI is InChI=1S/C21H23NO6S/c1-4-27-19-8-6-5-7-16(19)11-14-20(23)28-15(2)21(24)17-9-12-18(13-10-17)22-29(3,25)26/h5-15,22H,4H2,1-3H3/b14-11+/t15-/m1/s1. The average molecular weight is 417 g/mol. The average Bonchev–Trinajstić information content (AvgIpc) is 2.66. The Kier molecular flexibility index (Phi) is 7.55. The zero-order valence-electron chi connectivity index (χ0n) is 16.4. The van der Waals surface area contributed by atoms with E-state index in [4.69, 9.17) is 9.47 Å². The van der Waals surface area contributed by atoms with Gasteiger partial charge < -0.3 is 9.47 Å².